The molecule has 0 atom stereocenters. The molecule has 0 bridgehead atoms. The number of nitrogen functional groups attached to an aromatic ring is 1. The summed E-state index contributed by atoms with van der Waals surface area (Å²) in [5.41, 5.74) is 19.8. The van der Waals surface area contributed by atoms with Crippen LogP contribution in [0.5, 0.6) is 0 Å². The molecule has 0 unspecified atom stereocenters. The molecular formula is C17H20N6O2. The van der Waals surface area contributed by atoms with Gasteiger partial charge in [0, 0.05) is 38.3 Å². The predicted octanol–water partition coefficient (Wildman–Crippen LogP) is -0.201. The molecule has 0 aliphatic heterocycles. The highest BCUT2D eigenvalue weighted by Gasteiger charge is 2.20. The summed E-state index contributed by atoms with van der Waals surface area (Å²) in [6.45, 7) is 0.536. The van der Waals surface area contributed by atoms with Crippen LogP contribution >= 0.6 is 0 Å². The smallest absolute Gasteiger partial charge is 0.332 e. The van der Waals surface area contributed by atoms with Crippen molar-refractivity contribution in [1.29, 1.82) is 0 Å². The van der Waals surface area contributed by atoms with Crippen molar-refractivity contribution in [3.05, 3.63) is 56.2 Å². The number of aryl methyl sites for hydroxylation is 1. The Balaban J connectivity index is 2.54. The number of aromatic nitrogens is 3. The van der Waals surface area contributed by atoms with Gasteiger partial charge in [-0.15, -0.1) is 0 Å². The van der Waals surface area contributed by atoms with Gasteiger partial charge < -0.3 is 17.2 Å². The van der Waals surface area contributed by atoms with Gasteiger partial charge in [0.05, 0.1) is 5.39 Å². The molecule has 0 radical (unpaired) electrons. The number of fused-ring (bicyclic) bond motifs is 1. The van der Waals surface area contributed by atoms with E-state index in [2.05, 4.69) is 4.98 Å². The van der Waals surface area contributed by atoms with E-state index in [1.807, 2.05) is 24.3 Å². The van der Waals surface area contributed by atoms with Crippen LogP contribution in [0.2, 0.25) is 0 Å². The van der Waals surface area contributed by atoms with Crippen LogP contribution in [0.4, 0.5) is 5.82 Å². The largest absolute Gasteiger partial charge is 0.383 e. The highest BCUT2D eigenvalue weighted by Crippen LogP contribution is 2.32. The first-order valence-corrected chi connectivity index (χ1v) is 7.78. The molecule has 0 saturated heterocycles. The van der Waals surface area contributed by atoms with Crippen LogP contribution in [0.25, 0.3) is 22.2 Å². The van der Waals surface area contributed by atoms with E-state index in [1.54, 1.807) is 7.05 Å². The van der Waals surface area contributed by atoms with Gasteiger partial charge in [-0.05, 0) is 11.1 Å². The lowest BCUT2D eigenvalue weighted by atomic mass is 9.96. The Kier molecular flexibility index (Phi) is 4.15. The fraction of sp³-hybridized carbons (Fsp3) is 0.235. The van der Waals surface area contributed by atoms with Gasteiger partial charge in [0.25, 0.3) is 5.56 Å². The Labute approximate surface area is 143 Å². The quantitative estimate of drug-likeness (QED) is 0.604. The van der Waals surface area contributed by atoms with Crippen molar-refractivity contribution in [2.75, 3.05) is 5.73 Å². The highest BCUT2D eigenvalue weighted by molar-refractivity contribution is 5.96. The number of anilines is 1. The van der Waals surface area contributed by atoms with Gasteiger partial charge in [-0.1, -0.05) is 24.3 Å². The third-order valence-electron chi connectivity index (χ3n) is 4.40. The van der Waals surface area contributed by atoms with Crippen molar-refractivity contribution in [3.63, 3.8) is 0 Å². The van der Waals surface area contributed by atoms with Crippen molar-refractivity contribution >= 4 is 16.9 Å². The Morgan fingerprint density at radius 3 is 2.20 bits per heavy atom. The molecular weight excluding hydrogens is 320 g/mol. The molecule has 3 rings (SSSR count). The maximum absolute atomic E-state index is 12.8. The summed E-state index contributed by atoms with van der Waals surface area (Å²) in [7, 11) is 2.99. The second-order valence-corrected chi connectivity index (χ2v) is 5.86. The number of hydrogen-bond donors (Lipinski definition) is 3. The van der Waals surface area contributed by atoms with Crippen LogP contribution in [-0.2, 0) is 27.2 Å². The molecule has 0 aliphatic rings. The Hall–Kier alpha value is -2.97. The van der Waals surface area contributed by atoms with Crippen LogP contribution in [0, 0.1) is 0 Å². The number of hydrogen-bond acceptors (Lipinski definition) is 6. The van der Waals surface area contributed by atoms with Crippen LogP contribution in [-0.4, -0.2) is 14.1 Å². The zero-order chi connectivity index (χ0) is 18.3. The first-order valence-electron chi connectivity index (χ1n) is 7.78. The van der Waals surface area contributed by atoms with Gasteiger partial charge in [-0.25, -0.2) is 9.78 Å². The fourth-order valence-electron chi connectivity index (χ4n) is 2.98. The van der Waals surface area contributed by atoms with E-state index in [0.29, 0.717) is 23.1 Å². The minimum absolute atomic E-state index is 0.120. The molecule has 0 fully saturated rings. The Morgan fingerprint density at radius 2 is 1.64 bits per heavy atom. The van der Waals surface area contributed by atoms with Crippen LogP contribution < -0.4 is 28.5 Å². The van der Waals surface area contributed by atoms with Gasteiger partial charge in [-0.3, -0.25) is 13.9 Å². The molecule has 2 heterocycles. The van der Waals surface area contributed by atoms with E-state index >= 15 is 0 Å². The lowest BCUT2D eigenvalue weighted by molar-refractivity contribution is 0.708. The standard InChI is InChI=1S/C17H20N6O2/c1-22-15-13(16(24)23(2)17(22)25)12(11(8-19)14(20)21-15)10-5-3-9(7-18)4-6-10/h3-6H,7-8,18-19H2,1-2H3,(H2,20,21). The van der Waals surface area contributed by atoms with Crippen molar-refractivity contribution in [1.82, 2.24) is 14.1 Å². The third kappa shape index (κ3) is 2.51. The minimum Gasteiger partial charge on any atom is -0.383 e. The maximum Gasteiger partial charge on any atom is 0.332 e. The maximum atomic E-state index is 12.8. The minimum atomic E-state index is -0.464. The van der Waals surface area contributed by atoms with E-state index in [1.165, 1.54) is 11.6 Å². The highest BCUT2D eigenvalue weighted by atomic mass is 16.2. The molecule has 6 N–H and O–H groups in total. The molecule has 0 amide bonds. The van der Waals surface area contributed by atoms with Gasteiger partial charge >= 0.3 is 5.69 Å². The topological polar surface area (TPSA) is 135 Å². The van der Waals surface area contributed by atoms with Crippen molar-refractivity contribution < 1.29 is 0 Å². The molecule has 25 heavy (non-hydrogen) atoms. The zero-order valence-electron chi connectivity index (χ0n) is 14.1. The summed E-state index contributed by atoms with van der Waals surface area (Å²) in [5, 5.41) is 0.319. The zero-order valence-corrected chi connectivity index (χ0v) is 14.1. The van der Waals surface area contributed by atoms with Crippen LogP contribution in [0.3, 0.4) is 0 Å². The monoisotopic (exact) mass is 340 g/mol. The Morgan fingerprint density at radius 1 is 1.00 bits per heavy atom. The fourth-order valence-corrected chi connectivity index (χ4v) is 2.98. The molecule has 0 saturated carbocycles. The number of nitrogens with zero attached hydrogens (tertiary/aromatic N) is 3. The molecule has 130 valence electrons. The number of rotatable bonds is 3. The van der Waals surface area contributed by atoms with E-state index in [9.17, 15) is 9.59 Å². The first kappa shape index (κ1) is 16.9. The summed E-state index contributed by atoms with van der Waals surface area (Å²) >= 11 is 0. The molecule has 0 aliphatic carbocycles. The van der Waals surface area contributed by atoms with Gasteiger partial charge in [-0.2, -0.15) is 0 Å². The second-order valence-electron chi connectivity index (χ2n) is 5.86. The molecule has 3 aromatic rings. The summed E-state index contributed by atoms with van der Waals surface area (Å²) in [6, 6.07) is 7.48. The average molecular weight is 340 g/mol. The predicted molar refractivity (Wildman–Crippen MR) is 97.9 cm³/mol. The summed E-state index contributed by atoms with van der Waals surface area (Å²) < 4.78 is 2.36. The van der Waals surface area contributed by atoms with Crippen LogP contribution in [0.1, 0.15) is 11.1 Å². The lowest BCUT2D eigenvalue weighted by Crippen LogP contribution is -2.38. The third-order valence-corrected chi connectivity index (χ3v) is 4.40. The molecule has 0 spiro atoms. The van der Waals surface area contributed by atoms with Crippen molar-refractivity contribution in [3.8, 4) is 11.1 Å². The van der Waals surface area contributed by atoms with Gasteiger partial charge in [0.1, 0.15) is 5.82 Å². The van der Waals surface area contributed by atoms with E-state index < -0.39 is 11.2 Å². The van der Waals surface area contributed by atoms with Crippen molar-refractivity contribution in [2.24, 2.45) is 25.6 Å². The SMILES string of the molecule is Cn1c(=O)c2c(-c3ccc(CN)cc3)c(CN)c(N)nc2n(C)c1=O. The first-order chi connectivity index (χ1) is 11.9. The van der Waals surface area contributed by atoms with E-state index in [4.69, 9.17) is 17.2 Å². The van der Waals surface area contributed by atoms with E-state index in [0.717, 1.165) is 15.7 Å². The molecule has 8 heteroatoms. The molecule has 1 aromatic carbocycles. The summed E-state index contributed by atoms with van der Waals surface area (Å²) in [5.74, 6) is 0.205. The summed E-state index contributed by atoms with van der Waals surface area (Å²) in [6.07, 6.45) is 0. The summed E-state index contributed by atoms with van der Waals surface area (Å²) in [4.78, 5) is 29.3. The number of nitrogens with two attached hydrogens (primary N) is 3. The normalized spacial score (nSPS) is 11.2. The molecule has 8 nitrogen and oxygen atoms in total. The number of benzene rings is 1. The second kappa shape index (κ2) is 6.15. The van der Waals surface area contributed by atoms with Crippen LogP contribution in [0.15, 0.2) is 33.9 Å². The van der Waals surface area contributed by atoms with Gasteiger partial charge in [0.2, 0.25) is 0 Å². The Bertz CT molecular complexity index is 1080. The average Bonchev–Trinajstić information content (AvgIpc) is 2.63. The molecule has 2 aromatic heterocycles. The van der Waals surface area contributed by atoms with Gasteiger partial charge in [0.15, 0.2) is 5.65 Å². The van der Waals surface area contributed by atoms with E-state index in [-0.39, 0.29) is 18.0 Å². The number of pyridine rings is 1. The van der Waals surface area contributed by atoms with Crippen molar-refractivity contribution in [2.45, 2.75) is 13.1 Å². The lowest BCUT2D eigenvalue weighted by Gasteiger charge is -2.16.